The van der Waals surface area contributed by atoms with E-state index in [9.17, 15) is 18.3 Å². The number of rotatable bonds is 14. The molecule has 1 atom stereocenters. The molecule has 0 heterocycles. The largest absolute Gasteiger partial charge is 0.490 e. The van der Waals surface area contributed by atoms with E-state index in [2.05, 4.69) is 34.3 Å². The van der Waals surface area contributed by atoms with Crippen LogP contribution >= 0.6 is 0 Å². The number of aryl methyl sites for hydroxylation is 1. The van der Waals surface area contributed by atoms with E-state index >= 15 is 0 Å². The minimum absolute atomic E-state index is 0.0163. The van der Waals surface area contributed by atoms with E-state index in [0.717, 1.165) is 61.8 Å². The van der Waals surface area contributed by atoms with Gasteiger partial charge in [0.2, 0.25) is 10.0 Å². The Hall–Kier alpha value is -3.20. The zero-order valence-corrected chi connectivity index (χ0v) is 24.7. The molecule has 41 heavy (non-hydrogen) atoms. The van der Waals surface area contributed by atoms with Gasteiger partial charge in [0.05, 0.1) is 23.5 Å². The lowest BCUT2D eigenvalue weighted by Crippen LogP contribution is -2.33. The molecule has 0 aromatic heterocycles. The molecule has 0 aliphatic heterocycles. The van der Waals surface area contributed by atoms with Crippen molar-refractivity contribution in [3.8, 4) is 16.9 Å². The number of carbonyl (C=O) groups excluding carboxylic acids is 1. The van der Waals surface area contributed by atoms with Crippen molar-refractivity contribution in [3.05, 3.63) is 89.5 Å². The van der Waals surface area contributed by atoms with E-state index < -0.39 is 22.0 Å². The molecule has 0 spiro atoms. The molecule has 3 aromatic carbocycles. The second-order valence-corrected chi connectivity index (χ2v) is 12.6. The number of hydrogen-bond donors (Lipinski definition) is 3. The number of hydrogen-bond acceptors (Lipinski definition) is 6. The first-order chi connectivity index (χ1) is 19.8. The minimum Gasteiger partial charge on any atom is -0.490 e. The van der Waals surface area contributed by atoms with E-state index in [0.29, 0.717) is 18.7 Å². The van der Waals surface area contributed by atoms with Crippen LogP contribution in [0.3, 0.4) is 0 Å². The molecule has 1 amide bonds. The third-order valence-electron chi connectivity index (χ3n) is 7.42. The number of ether oxygens (including phenoxy) is 1. The zero-order valence-electron chi connectivity index (χ0n) is 23.8. The SMILES string of the molecule is CCCS(=O)(=O)NC(=O)c1ccc(-c2ccc(CCCNC[C@@H](O)c3ccccc3)cc2)cc1OC1CCCCC1. The first kappa shape index (κ1) is 30.8. The smallest absolute Gasteiger partial charge is 0.268 e. The summed E-state index contributed by atoms with van der Waals surface area (Å²) in [7, 11) is -3.70. The molecule has 0 saturated heterocycles. The fraction of sp³-hybridized carbons (Fsp3) is 0.424. The van der Waals surface area contributed by atoms with Crippen LogP contribution in [-0.2, 0) is 16.4 Å². The highest BCUT2D eigenvalue weighted by molar-refractivity contribution is 7.90. The van der Waals surface area contributed by atoms with Crippen molar-refractivity contribution in [1.29, 1.82) is 0 Å². The normalized spacial score (nSPS) is 14.9. The average Bonchev–Trinajstić information content (AvgIpc) is 2.98. The van der Waals surface area contributed by atoms with E-state index in [1.807, 2.05) is 42.5 Å². The van der Waals surface area contributed by atoms with Gasteiger partial charge >= 0.3 is 0 Å². The van der Waals surface area contributed by atoms with Gasteiger partial charge in [0.25, 0.3) is 5.91 Å². The van der Waals surface area contributed by atoms with Gasteiger partial charge in [-0.2, -0.15) is 0 Å². The van der Waals surface area contributed by atoms with Crippen LogP contribution in [0.4, 0.5) is 0 Å². The second-order valence-electron chi connectivity index (χ2n) is 10.8. The average molecular weight is 579 g/mol. The Labute approximate surface area is 244 Å². The Balaban J connectivity index is 1.38. The number of amides is 1. The van der Waals surface area contributed by atoms with Crippen molar-refractivity contribution < 1.29 is 23.1 Å². The van der Waals surface area contributed by atoms with Gasteiger partial charge in [0.1, 0.15) is 5.75 Å². The molecular formula is C33H42N2O5S. The number of carbonyl (C=O) groups is 1. The monoisotopic (exact) mass is 578 g/mol. The summed E-state index contributed by atoms with van der Waals surface area (Å²) in [4.78, 5) is 13.0. The van der Waals surface area contributed by atoms with Crippen LogP contribution in [0.15, 0.2) is 72.8 Å². The fourth-order valence-corrected chi connectivity index (χ4v) is 6.21. The van der Waals surface area contributed by atoms with Gasteiger partial charge in [-0.25, -0.2) is 13.1 Å². The molecule has 3 aromatic rings. The maximum Gasteiger partial charge on any atom is 0.268 e. The quantitative estimate of drug-likeness (QED) is 0.209. The minimum atomic E-state index is -3.70. The third-order valence-corrected chi connectivity index (χ3v) is 8.86. The molecule has 7 nitrogen and oxygen atoms in total. The highest BCUT2D eigenvalue weighted by Gasteiger charge is 2.22. The maximum absolute atomic E-state index is 13.0. The number of nitrogens with one attached hydrogen (secondary N) is 2. The van der Waals surface area contributed by atoms with Gasteiger partial charge in [-0.15, -0.1) is 0 Å². The van der Waals surface area contributed by atoms with Crippen LogP contribution < -0.4 is 14.8 Å². The predicted octanol–water partition coefficient (Wildman–Crippen LogP) is 5.79. The Morgan fingerprint density at radius 1 is 0.976 bits per heavy atom. The predicted molar refractivity (Wildman–Crippen MR) is 164 cm³/mol. The Bertz CT molecular complexity index is 1350. The lowest BCUT2D eigenvalue weighted by Gasteiger charge is -2.24. The van der Waals surface area contributed by atoms with Crippen molar-refractivity contribution in [2.45, 2.75) is 70.5 Å². The molecule has 1 fully saturated rings. The standard InChI is InChI=1S/C33H42N2O5S/c1-2-22-41(38,39)35-33(37)30-20-19-28(23-32(30)40-29-13-7-4-8-14-29)26-17-15-25(16-18-26)10-9-21-34-24-31(36)27-11-5-3-6-12-27/h3,5-6,11-12,15-20,23,29,31,34,36H,2,4,7-10,13-14,21-22,24H2,1H3,(H,35,37)/t31-/m1/s1. The fourth-order valence-electron chi connectivity index (χ4n) is 5.18. The molecule has 4 rings (SSSR count). The number of aliphatic hydroxyl groups is 1. The number of sulfonamides is 1. The van der Waals surface area contributed by atoms with Crippen molar-refractivity contribution >= 4 is 15.9 Å². The van der Waals surface area contributed by atoms with Crippen molar-refractivity contribution in [1.82, 2.24) is 10.0 Å². The van der Waals surface area contributed by atoms with Crippen LogP contribution in [0, 0.1) is 0 Å². The highest BCUT2D eigenvalue weighted by Crippen LogP contribution is 2.31. The van der Waals surface area contributed by atoms with Crippen molar-refractivity contribution in [2.75, 3.05) is 18.8 Å². The van der Waals surface area contributed by atoms with Crippen molar-refractivity contribution in [3.63, 3.8) is 0 Å². The van der Waals surface area contributed by atoms with Gasteiger partial charge < -0.3 is 15.2 Å². The van der Waals surface area contributed by atoms with Crippen LogP contribution in [0.2, 0.25) is 0 Å². The van der Waals surface area contributed by atoms with Crippen LogP contribution in [0.5, 0.6) is 5.75 Å². The summed E-state index contributed by atoms with van der Waals surface area (Å²) in [5, 5.41) is 13.6. The van der Waals surface area contributed by atoms with Gasteiger partial charge in [-0.3, -0.25) is 4.79 Å². The van der Waals surface area contributed by atoms with Crippen LogP contribution in [-0.4, -0.2) is 44.4 Å². The molecule has 1 aliphatic rings. The molecule has 1 aliphatic carbocycles. The molecular weight excluding hydrogens is 536 g/mol. The maximum atomic E-state index is 13.0. The molecule has 0 unspecified atom stereocenters. The van der Waals surface area contributed by atoms with Crippen molar-refractivity contribution in [2.24, 2.45) is 0 Å². The molecule has 0 bridgehead atoms. The number of benzene rings is 3. The second kappa shape index (κ2) is 15.1. The Morgan fingerprint density at radius 2 is 1.68 bits per heavy atom. The Morgan fingerprint density at radius 3 is 2.39 bits per heavy atom. The van der Waals surface area contributed by atoms with Crippen LogP contribution in [0.1, 0.15) is 79.5 Å². The molecule has 0 radical (unpaired) electrons. The highest BCUT2D eigenvalue weighted by atomic mass is 32.2. The summed E-state index contributed by atoms with van der Waals surface area (Å²) in [6.45, 7) is 3.09. The molecule has 3 N–H and O–H groups in total. The molecule has 1 saturated carbocycles. The van der Waals surface area contributed by atoms with E-state index in [1.54, 1.807) is 13.0 Å². The van der Waals surface area contributed by atoms with Gasteiger partial charge in [0, 0.05) is 6.54 Å². The number of aliphatic hydroxyl groups excluding tert-OH is 1. The molecule has 8 heteroatoms. The Kier molecular flexibility index (Phi) is 11.4. The topological polar surface area (TPSA) is 105 Å². The first-order valence-electron chi connectivity index (χ1n) is 14.7. The summed E-state index contributed by atoms with van der Waals surface area (Å²) in [6, 6.07) is 23.3. The van der Waals surface area contributed by atoms with Crippen LogP contribution in [0.25, 0.3) is 11.1 Å². The molecule has 220 valence electrons. The summed E-state index contributed by atoms with van der Waals surface area (Å²) < 4.78 is 33.0. The van der Waals surface area contributed by atoms with E-state index in [1.165, 1.54) is 12.0 Å². The summed E-state index contributed by atoms with van der Waals surface area (Å²) in [6.07, 6.45) is 6.99. The van der Waals surface area contributed by atoms with E-state index in [4.69, 9.17) is 4.74 Å². The zero-order chi connectivity index (χ0) is 29.1. The van der Waals surface area contributed by atoms with Gasteiger partial charge in [0.15, 0.2) is 0 Å². The summed E-state index contributed by atoms with van der Waals surface area (Å²) in [5.41, 5.74) is 4.28. The van der Waals surface area contributed by atoms with Gasteiger partial charge in [-0.1, -0.05) is 74.0 Å². The summed E-state index contributed by atoms with van der Waals surface area (Å²) >= 11 is 0. The lowest BCUT2D eigenvalue weighted by atomic mass is 9.97. The lowest BCUT2D eigenvalue weighted by molar-refractivity contribution is 0.0969. The third kappa shape index (κ3) is 9.42. The van der Waals surface area contributed by atoms with E-state index in [-0.39, 0.29) is 17.4 Å². The van der Waals surface area contributed by atoms with Gasteiger partial charge in [-0.05, 0) is 85.9 Å². The first-order valence-corrected chi connectivity index (χ1v) is 16.4. The summed E-state index contributed by atoms with van der Waals surface area (Å²) in [5.74, 6) is -0.337.